The quantitative estimate of drug-likeness (QED) is 0.566. The van der Waals surface area contributed by atoms with Crippen molar-refractivity contribution in [3.05, 3.63) is 51.4 Å². The lowest BCUT2D eigenvalue weighted by Crippen LogP contribution is -2.55. The topological polar surface area (TPSA) is 59.1 Å². The van der Waals surface area contributed by atoms with E-state index in [1.54, 1.807) is 37.3 Å². The first-order valence-electron chi connectivity index (χ1n) is 8.20. The second kappa shape index (κ2) is 8.35. The molecule has 0 saturated carbocycles. The van der Waals surface area contributed by atoms with E-state index in [1.807, 2.05) is 0 Å². The van der Waals surface area contributed by atoms with Gasteiger partial charge in [0.1, 0.15) is 9.88 Å². The zero-order valence-electron chi connectivity index (χ0n) is 14.8. The van der Waals surface area contributed by atoms with E-state index < -0.39 is 18.2 Å². The Bertz CT molecular complexity index is 845. The Morgan fingerprint density at radius 1 is 1.37 bits per heavy atom. The van der Waals surface area contributed by atoms with Gasteiger partial charge in [0.2, 0.25) is 0 Å². The number of hydrogen-bond donors (Lipinski definition) is 0. The lowest BCUT2D eigenvalue weighted by Gasteiger charge is -2.38. The van der Waals surface area contributed by atoms with Gasteiger partial charge in [-0.15, -0.1) is 11.3 Å². The first-order chi connectivity index (χ1) is 13.0. The van der Waals surface area contributed by atoms with Crippen LogP contribution in [0, 0.1) is 6.92 Å². The molecule has 1 aliphatic heterocycles. The molecule has 0 radical (unpaired) electrons. The van der Waals surface area contributed by atoms with Gasteiger partial charge in [-0.1, -0.05) is 29.8 Å². The molecule has 0 aliphatic carbocycles. The lowest BCUT2D eigenvalue weighted by atomic mass is 10.2. The van der Waals surface area contributed by atoms with Gasteiger partial charge in [0, 0.05) is 17.7 Å². The zero-order chi connectivity index (χ0) is 19.6. The number of anilines is 1. The molecular weight excluding hydrogens is 395 g/mol. The van der Waals surface area contributed by atoms with Crippen LogP contribution in [0.1, 0.15) is 25.6 Å². The molecule has 9 heteroatoms. The number of carbonyl (C=O) groups is 2. The van der Waals surface area contributed by atoms with Crippen LogP contribution in [-0.2, 0) is 9.47 Å². The number of hydrazine groups is 1. The Morgan fingerprint density at radius 2 is 2.07 bits per heavy atom. The number of nitrogens with zero attached hydrogens (tertiary/aromatic N) is 2. The number of halogens is 2. The molecule has 0 spiro atoms. The SMILES string of the molecule is COC(=O)c1sc(N(C(=O)c2ccccc2)N2CCOCC2F)c(C)c1Cl. The van der Waals surface area contributed by atoms with E-state index in [-0.39, 0.29) is 29.7 Å². The fraction of sp³-hybridized carbons (Fsp3) is 0.333. The van der Waals surface area contributed by atoms with Crippen molar-refractivity contribution in [3.8, 4) is 0 Å². The Balaban J connectivity index is 2.10. The molecule has 6 nitrogen and oxygen atoms in total. The highest BCUT2D eigenvalue weighted by molar-refractivity contribution is 7.19. The van der Waals surface area contributed by atoms with Crippen LogP contribution < -0.4 is 5.01 Å². The smallest absolute Gasteiger partial charge is 0.349 e. The van der Waals surface area contributed by atoms with Gasteiger partial charge in [-0.05, 0) is 19.1 Å². The second-order valence-corrected chi connectivity index (χ2v) is 7.20. The fourth-order valence-electron chi connectivity index (χ4n) is 2.73. The van der Waals surface area contributed by atoms with Gasteiger partial charge >= 0.3 is 5.97 Å². The summed E-state index contributed by atoms with van der Waals surface area (Å²) < 4.78 is 24.5. The molecule has 1 saturated heterocycles. The number of alkyl halides is 1. The number of thiophene rings is 1. The van der Waals surface area contributed by atoms with E-state index in [9.17, 15) is 14.0 Å². The summed E-state index contributed by atoms with van der Waals surface area (Å²) in [6.07, 6.45) is -1.51. The van der Waals surface area contributed by atoms with Crippen molar-refractivity contribution in [1.29, 1.82) is 0 Å². The summed E-state index contributed by atoms with van der Waals surface area (Å²) >= 11 is 7.29. The maximum Gasteiger partial charge on any atom is 0.349 e. The number of hydrogen-bond acceptors (Lipinski definition) is 6. The molecule has 2 aromatic rings. The number of benzene rings is 1. The van der Waals surface area contributed by atoms with Crippen LogP contribution in [-0.4, -0.2) is 50.0 Å². The molecule has 1 aromatic heterocycles. The number of ether oxygens (including phenoxy) is 2. The Labute approximate surface area is 165 Å². The summed E-state index contributed by atoms with van der Waals surface area (Å²) in [5, 5.41) is 3.12. The van der Waals surface area contributed by atoms with Gasteiger partial charge in [-0.3, -0.25) is 4.79 Å². The molecule has 1 fully saturated rings. The molecule has 2 heterocycles. The average Bonchev–Trinajstić information content (AvgIpc) is 2.98. The van der Waals surface area contributed by atoms with Crippen LogP contribution in [0.5, 0.6) is 0 Å². The number of methoxy groups -OCH3 is 1. The molecule has 1 atom stereocenters. The third-order valence-corrected chi connectivity index (χ3v) is 5.96. The van der Waals surface area contributed by atoms with Crippen LogP contribution in [0.15, 0.2) is 30.3 Å². The number of morpholine rings is 1. The standard InChI is InChI=1S/C18H18ClFN2O4S/c1-11-14(19)15(18(24)25-2)27-17(11)22(21-8-9-26-10-13(21)20)16(23)12-6-4-3-5-7-12/h3-7,13H,8-10H2,1-2H3. The average molecular weight is 413 g/mol. The minimum Gasteiger partial charge on any atom is -0.465 e. The van der Waals surface area contributed by atoms with E-state index in [0.29, 0.717) is 16.1 Å². The van der Waals surface area contributed by atoms with Gasteiger partial charge < -0.3 is 9.47 Å². The van der Waals surface area contributed by atoms with Crippen molar-refractivity contribution in [2.75, 3.05) is 31.9 Å². The molecule has 0 N–H and O–H groups in total. The first-order valence-corrected chi connectivity index (χ1v) is 9.40. The summed E-state index contributed by atoms with van der Waals surface area (Å²) in [7, 11) is 1.25. The number of esters is 1. The van der Waals surface area contributed by atoms with Crippen molar-refractivity contribution < 1.29 is 23.5 Å². The molecule has 1 aliphatic rings. The van der Waals surface area contributed by atoms with E-state index in [0.717, 1.165) is 11.3 Å². The van der Waals surface area contributed by atoms with Crippen LogP contribution in [0.4, 0.5) is 9.39 Å². The molecule has 1 aromatic carbocycles. The monoisotopic (exact) mass is 412 g/mol. The summed E-state index contributed by atoms with van der Waals surface area (Å²) in [5.74, 6) is -1.03. The van der Waals surface area contributed by atoms with Crippen molar-refractivity contribution in [2.45, 2.75) is 13.2 Å². The fourth-order valence-corrected chi connectivity index (χ4v) is 4.20. The highest BCUT2D eigenvalue weighted by Crippen LogP contribution is 2.41. The molecule has 0 bridgehead atoms. The zero-order valence-corrected chi connectivity index (χ0v) is 16.3. The molecule has 1 amide bonds. The number of rotatable bonds is 4. The van der Waals surface area contributed by atoms with Crippen molar-refractivity contribution in [3.63, 3.8) is 0 Å². The lowest BCUT2D eigenvalue weighted by molar-refractivity contribution is -0.0647. The van der Waals surface area contributed by atoms with Crippen LogP contribution in [0.25, 0.3) is 0 Å². The maximum absolute atomic E-state index is 14.6. The van der Waals surface area contributed by atoms with Crippen LogP contribution in [0.2, 0.25) is 5.02 Å². The van der Waals surface area contributed by atoms with E-state index in [1.165, 1.54) is 17.1 Å². The minimum atomic E-state index is -1.51. The predicted octanol–water partition coefficient (Wildman–Crippen LogP) is 3.69. The predicted molar refractivity (Wildman–Crippen MR) is 101 cm³/mol. The summed E-state index contributed by atoms with van der Waals surface area (Å²) in [5.41, 5.74) is 0.893. The molecule has 27 heavy (non-hydrogen) atoms. The molecule has 144 valence electrons. The van der Waals surface area contributed by atoms with E-state index in [4.69, 9.17) is 21.1 Å². The Kier molecular flexibility index (Phi) is 6.11. The van der Waals surface area contributed by atoms with Gasteiger partial charge in [-0.2, -0.15) is 5.01 Å². The number of amides is 1. The molecule has 1 unspecified atom stereocenters. The summed E-state index contributed by atoms with van der Waals surface area (Å²) in [6, 6.07) is 8.54. The van der Waals surface area contributed by atoms with Crippen molar-refractivity contribution in [2.24, 2.45) is 0 Å². The Hall–Kier alpha value is -2.00. The third kappa shape index (κ3) is 3.84. The highest BCUT2D eigenvalue weighted by atomic mass is 35.5. The van der Waals surface area contributed by atoms with E-state index >= 15 is 0 Å². The van der Waals surface area contributed by atoms with Gasteiger partial charge in [0.05, 0.1) is 25.3 Å². The normalized spacial score (nSPS) is 17.6. The van der Waals surface area contributed by atoms with Crippen molar-refractivity contribution in [1.82, 2.24) is 5.01 Å². The largest absolute Gasteiger partial charge is 0.465 e. The maximum atomic E-state index is 14.6. The van der Waals surface area contributed by atoms with E-state index in [2.05, 4.69) is 0 Å². The highest BCUT2D eigenvalue weighted by Gasteiger charge is 2.36. The molecular formula is C18H18ClFN2O4S. The van der Waals surface area contributed by atoms with Crippen LogP contribution >= 0.6 is 22.9 Å². The van der Waals surface area contributed by atoms with Gasteiger partial charge in [-0.25, -0.2) is 14.2 Å². The van der Waals surface area contributed by atoms with Crippen molar-refractivity contribution >= 4 is 39.8 Å². The summed E-state index contributed by atoms with van der Waals surface area (Å²) in [6.45, 7) is 1.99. The van der Waals surface area contributed by atoms with Gasteiger partial charge in [0.25, 0.3) is 5.91 Å². The minimum absolute atomic E-state index is 0.152. The molecule has 3 rings (SSSR count). The van der Waals surface area contributed by atoms with Crippen LogP contribution in [0.3, 0.4) is 0 Å². The van der Waals surface area contributed by atoms with Gasteiger partial charge in [0.15, 0.2) is 6.30 Å². The third-order valence-electron chi connectivity index (χ3n) is 4.12. The number of carbonyl (C=O) groups excluding carboxylic acids is 2. The Morgan fingerprint density at radius 3 is 2.70 bits per heavy atom. The first kappa shape index (κ1) is 19.8. The second-order valence-electron chi connectivity index (χ2n) is 5.82. The summed E-state index contributed by atoms with van der Waals surface area (Å²) in [4.78, 5) is 25.4.